The van der Waals surface area contributed by atoms with E-state index in [0.29, 0.717) is 43.0 Å². The van der Waals surface area contributed by atoms with Crippen molar-refractivity contribution in [1.82, 2.24) is 0 Å². The molecular weight excluding hydrogens is 601 g/mol. The maximum atomic E-state index is 15.9. The molecule has 0 aliphatic carbocycles. The van der Waals surface area contributed by atoms with E-state index in [4.69, 9.17) is 23.2 Å². The molecule has 2 heterocycles. The molecule has 0 saturated carbocycles. The molecule has 2 saturated heterocycles. The van der Waals surface area contributed by atoms with Crippen molar-refractivity contribution in [2.24, 2.45) is 11.3 Å². The normalized spacial score (nSPS) is 19.6. The summed E-state index contributed by atoms with van der Waals surface area (Å²) in [7, 11) is 0. The highest BCUT2D eigenvalue weighted by Gasteiger charge is 2.38. The van der Waals surface area contributed by atoms with Crippen molar-refractivity contribution < 1.29 is 18.6 Å². The molecule has 2 fully saturated rings. The van der Waals surface area contributed by atoms with Gasteiger partial charge in [-0.15, -0.1) is 0 Å². The van der Waals surface area contributed by atoms with Crippen molar-refractivity contribution >= 4 is 46.0 Å². The molecular formula is C31H32Cl2F2N4O4. The van der Waals surface area contributed by atoms with Crippen molar-refractivity contribution in [2.75, 3.05) is 22.9 Å². The molecule has 43 heavy (non-hydrogen) atoms. The van der Waals surface area contributed by atoms with Crippen molar-refractivity contribution in [3.8, 4) is 0 Å². The summed E-state index contributed by atoms with van der Waals surface area (Å²) in [5.74, 6) is -0.970. The summed E-state index contributed by atoms with van der Waals surface area (Å²) in [4.78, 5) is 25.6. The molecule has 3 aromatic carbocycles. The zero-order valence-corrected chi connectivity index (χ0v) is 25.5. The van der Waals surface area contributed by atoms with E-state index < -0.39 is 33.6 Å². The van der Waals surface area contributed by atoms with E-state index >= 15 is 8.78 Å². The highest BCUT2D eigenvalue weighted by molar-refractivity contribution is 6.33. The fraction of sp³-hybridized carbons (Fsp3) is 0.419. The fourth-order valence-corrected chi connectivity index (χ4v) is 6.92. The van der Waals surface area contributed by atoms with Crippen LogP contribution in [0, 0.1) is 43.2 Å². The molecule has 0 radical (unpaired) electrons. The Hall–Kier alpha value is -3.50. The number of hydrogen-bond donors (Lipinski definition) is 0. The van der Waals surface area contributed by atoms with Crippen LogP contribution in [0.2, 0.25) is 10.0 Å². The first-order valence-electron chi connectivity index (χ1n) is 14.2. The number of hydrogen-bond acceptors (Lipinski definition) is 6. The fourth-order valence-electron chi connectivity index (χ4n) is 6.55. The standard InChI is InChI=1S/C31H32Cl2F2N4O4/c1-31(2,3)20-10-12-36(13-11-20)30-24(34)16-21(17-25(30)35)37-26(18-4-6-22(32)28(14-18)38(40)41)8-9-27(37)19-5-7-23(33)29(15-19)39(42)43/h4-7,14-17,20,26-27H,8-13H2,1-3H3/t26-,27-/m1/s1. The summed E-state index contributed by atoms with van der Waals surface area (Å²) in [6.07, 6.45) is 2.58. The number of anilines is 2. The van der Waals surface area contributed by atoms with Gasteiger partial charge in [0.05, 0.1) is 21.9 Å². The van der Waals surface area contributed by atoms with E-state index in [9.17, 15) is 20.2 Å². The van der Waals surface area contributed by atoms with Crippen molar-refractivity contribution in [1.29, 1.82) is 0 Å². The summed E-state index contributed by atoms with van der Waals surface area (Å²) in [6.45, 7) is 7.60. The van der Waals surface area contributed by atoms with Crippen LogP contribution in [0.3, 0.4) is 0 Å². The first-order chi connectivity index (χ1) is 20.3. The van der Waals surface area contributed by atoms with E-state index in [1.54, 1.807) is 21.9 Å². The number of nitro groups is 2. The Labute approximate surface area is 258 Å². The third-order valence-electron chi connectivity index (χ3n) is 8.82. The lowest BCUT2D eigenvalue weighted by Crippen LogP contribution is -2.39. The number of halogens is 4. The van der Waals surface area contributed by atoms with Gasteiger partial charge in [-0.05, 0) is 72.4 Å². The van der Waals surface area contributed by atoms with Gasteiger partial charge in [0.25, 0.3) is 11.4 Å². The van der Waals surface area contributed by atoms with E-state index in [-0.39, 0.29) is 38.2 Å². The van der Waals surface area contributed by atoms with Gasteiger partial charge in [0.1, 0.15) is 15.7 Å². The lowest BCUT2D eigenvalue weighted by Gasteiger charge is -2.40. The van der Waals surface area contributed by atoms with Gasteiger partial charge in [-0.1, -0.05) is 56.1 Å². The van der Waals surface area contributed by atoms with Crippen LogP contribution in [0.4, 0.5) is 31.5 Å². The van der Waals surface area contributed by atoms with Crippen LogP contribution in [0.15, 0.2) is 48.5 Å². The monoisotopic (exact) mass is 632 g/mol. The third kappa shape index (κ3) is 6.13. The summed E-state index contributed by atoms with van der Waals surface area (Å²) in [6, 6.07) is 10.4. The smallest absolute Gasteiger partial charge is 0.288 e. The largest absolute Gasteiger partial charge is 0.367 e. The van der Waals surface area contributed by atoms with Crippen LogP contribution in [0.25, 0.3) is 0 Å². The van der Waals surface area contributed by atoms with Crippen LogP contribution >= 0.6 is 23.2 Å². The highest BCUT2D eigenvalue weighted by atomic mass is 35.5. The second kappa shape index (κ2) is 11.9. The van der Waals surface area contributed by atoms with Gasteiger partial charge in [0.2, 0.25) is 0 Å². The van der Waals surface area contributed by atoms with Crippen molar-refractivity contribution in [2.45, 2.75) is 58.5 Å². The lowest BCUT2D eigenvalue weighted by atomic mass is 9.75. The predicted molar refractivity (Wildman–Crippen MR) is 164 cm³/mol. The Morgan fingerprint density at radius 1 is 0.767 bits per heavy atom. The maximum Gasteiger partial charge on any atom is 0.288 e. The molecule has 2 atom stereocenters. The van der Waals surface area contributed by atoms with Gasteiger partial charge in [-0.3, -0.25) is 20.2 Å². The van der Waals surface area contributed by atoms with E-state index in [2.05, 4.69) is 20.8 Å². The Bertz CT molecular complexity index is 1480. The molecule has 0 N–H and O–H groups in total. The second-order valence-corrected chi connectivity index (χ2v) is 13.2. The summed E-state index contributed by atoms with van der Waals surface area (Å²) < 4.78 is 31.7. The third-order valence-corrected chi connectivity index (χ3v) is 9.46. The maximum absolute atomic E-state index is 15.9. The van der Waals surface area contributed by atoms with Crippen LogP contribution in [0.5, 0.6) is 0 Å². The second-order valence-electron chi connectivity index (χ2n) is 12.3. The van der Waals surface area contributed by atoms with Gasteiger partial charge in [0, 0.05) is 30.9 Å². The molecule has 2 aliphatic heterocycles. The first-order valence-corrected chi connectivity index (χ1v) is 14.9. The molecule has 3 aromatic rings. The molecule has 0 spiro atoms. The minimum Gasteiger partial charge on any atom is -0.367 e. The number of piperidine rings is 1. The van der Waals surface area contributed by atoms with E-state index in [0.717, 1.165) is 12.8 Å². The summed E-state index contributed by atoms with van der Waals surface area (Å²) in [5, 5.41) is 23.2. The first kappa shape index (κ1) is 30.9. The van der Waals surface area contributed by atoms with Crippen LogP contribution < -0.4 is 9.80 Å². The minimum absolute atomic E-state index is 0.0279. The average molecular weight is 634 g/mol. The summed E-state index contributed by atoms with van der Waals surface area (Å²) >= 11 is 12.1. The number of benzene rings is 3. The van der Waals surface area contributed by atoms with Gasteiger partial charge in [0.15, 0.2) is 11.6 Å². The average Bonchev–Trinajstić information content (AvgIpc) is 3.38. The minimum atomic E-state index is -0.710. The van der Waals surface area contributed by atoms with Crippen molar-refractivity contribution in [3.63, 3.8) is 0 Å². The lowest BCUT2D eigenvalue weighted by molar-refractivity contribution is -0.384. The predicted octanol–water partition coefficient (Wildman–Crippen LogP) is 9.43. The topological polar surface area (TPSA) is 92.8 Å². The Balaban J connectivity index is 1.56. The molecule has 0 amide bonds. The number of nitro benzene ring substituents is 2. The van der Waals surface area contributed by atoms with Gasteiger partial charge in [-0.2, -0.15) is 0 Å². The molecule has 0 aromatic heterocycles. The number of rotatable bonds is 6. The zero-order valence-electron chi connectivity index (χ0n) is 24.0. The molecule has 5 rings (SSSR count). The quantitative estimate of drug-likeness (QED) is 0.198. The zero-order chi connectivity index (χ0) is 31.2. The Morgan fingerprint density at radius 3 is 1.60 bits per heavy atom. The van der Waals surface area contributed by atoms with Crippen LogP contribution in [-0.2, 0) is 0 Å². The Kier molecular flexibility index (Phi) is 8.55. The molecule has 2 aliphatic rings. The van der Waals surface area contributed by atoms with E-state index in [1.165, 1.54) is 36.4 Å². The van der Waals surface area contributed by atoms with Crippen LogP contribution in [-0.4, -0.2) is 22.9 Å². The summed E-state index contributed by atoms with van der Waals surface area (Å²) in [5.41, 5.74) is 0.776. The van der Waals surface area contributed by atoms with E-state index in [1.807, 2.05) is 0 Å². The molecule has 12 heteroatoms. The van der Waals surface area contributed by atoms with Crippen LogP contribution in [0.1, 0.15) is 69.7 Å². The molecule has 228 valence electrons. The molecule has 8 nitrogen and oxygen atoms in total. The van der Waals surface area contributed by atoms with Gasteiger partial charge >= 0.3 is 0 Å². The van der Waals surface area contributed by atoms with Gasteiger partial charge < -0.3 is 9.80 Å². The number of nitrogens with zero attached hydrogens (tertiary/aromatic N) is 4. The Morgan fingerprint density at radius 2 is 1.21 bits per heavy atom. The van der Waals surface area contributed by atoms with Gasteiger partial charge in [-0.25, -0.2) is 8.78 Å². The molecule has 0 unspecified atom stereocenters. The highest BCUT2D eigenvalue weighted by Crippen LogP contribution is 2.49. The SMILES string of the molecule is CC(C)(C)C1CCN(c2c(F)cc(N3[C@@H](c4ccc(Cl)c([N+](=O)[O-])c4)CC[C@@H]3c3ccc(Cl)c([N+](=O)[O-])c3)cc2F)CC1. The van der Waals surface area contributed by atoms with Crippen molar-refractivity contribution in [3.05, 3.63) is 102 Å². The molecule has 0 bridgehead atoms.